The van der Waals surface area contributed by atoms with Crippen LogP contribution in [0.1, 0.15) is 33.0 Å². The second-order valence-corrected chi connectivity index (χ2v) is 6.18. The summed E-state index contributed by atoms with van der Waals surface area (Å²) in [4.78, 5) is 31.9. The fraction of sp³-hybridized carbons (Fsp3) is 0.333. The summed E-state index contributed by atoms with van der Waals surface area (Å²) in [5.74, 6) is -0.738. The fourth-order valence-corrected chi connectivity index (χ4v) is 3.06. The second kappa shape index (κ2) is 6.10. The van der Waals surface area contributed by atoms with Crippen LogP contribution in [0.4, 0.5) is 5.13 Å². The molecule has 1 N–H and O–H groups in total. The van der Waals surface area contributed by atoms with Crippen LogP contribution in [0.15, 0.2) is 5.38 Å². The lowest BCUT2D eigenvalue weighted by molar-refractivity contribution is -0.114. The van der Waals surface area contributed by atoms with Gasteiger partial charge in [0.15, 0.2) is 10.8 Å². The standard InChI is InChI=1S/C12H13N3O3S2/c1-6-10(20-8(3)13-6)4-18-11(17)9-5-19-12(15-9)14-7(2)16/h5H,4H2,1-3H3,(H,14,15,16). The van der Waals surface area contributed by atoms with Crippen molar-refractivity contribution < 1.29 is 14.3 Å². The van der Waals surface area contributed by atoms with E-state index in [1.807, 2.05) is 13.8 Å². The monoisotopic (exact) mass is 311 g/mol. The highest BCUT2D eigenvalue weighted by Crippen LogP contribution is 2.20. The summed E-state index contributed by atoms with van der Waals surface area (Å²) in [6.45, 7) is 5.35. The quantitative estimate of drug-likeness (QED) is 0.878. The van der Waals surface area contributed by atoms with Gasteiger partial charge in [0, 0.05) is 12.3 Å². The number of aryl methyl sites for hydroxylation is 2. The number of carbonyl (C=O) groups is 2. The van der Waals surface area contributed by atoms with Crippen LogP contribution in [-0.4, -0.2) is 21.8 Å². The second-order valence-electron chi connectivity index (χ2n) is 4.04. The number of nitrogens with zero attached hydrogens (tertiary/aromatic N) is 2. The van der Waals surface area contributed by atoms with Crippen molar-refractivity contribution in [2.45, 2.75) is 27.4 Å². The van der Waals surface area contributed by atoms with Crippen molar-refractivity contribution in [1.29, 1.82) is 0 Å². The molecular weight excluding hydrogens is 298 g/mol. The lowest BCUT2D eigenvalue weighted by Gasteiger charge is -2.01. The normalized spacial score (nSPS) is 10.3. The molecule has 20 heavy (non-hydrogen) atoms. The van der Waals surface area contributed by atoms with Crippen molar-refractivity contribution in [3.8, 4) is 0 Å². The molecule has 0 aliphatic rings. The molecule has 8 heteroatoms. The first-order valence-corrected chi connectivity index (χ1v) is 7.48. The molecule has 0 saturated carbocycles. The zero-order valence-electron chi connectivity index (χ0n) is 11.2. The summed E-state index contributed by atoms with van der Waals surface area (Å²) in [5, 5.41) is 5.40. The number of ether oxygens (including phenoxy) is 1. The first kappa shape index (κ1) is 14.6. The lowest BCUT2D eigenvalue weighted by Crippen LogP contribution is -2.08. The van der Waals surface area contributed by atoms with Gasteiger partial charge in [0.05, 0.1) is 15.6 Å². The van der Waals surface area contributed by atoms with Crippen LogP contribution in [0, 0.1) is 13.8 Å². The van der Waals surface area contributed by atoms with Gasteiger partial charge in [-0.1, -0.05) is 0 Å². The van der Waals surface area contributed by atoms with Crippen molar-refractivity contribution in [3.05, 3.63) is 26.7 Å². The molecule has 106 valence electrons. The molecule has 2 rings (SSSR count). The smallest absolute Gasteiger partial charge is 0.358 e. The van der Waals surface area contributed by atoms with Crippen LogP contribution in [0.5, 0.6) is 0 Å². The van der Waals surface area contributed by atoms with E-state index >= 15 is 0 Å². The molecule has 2 aromatic heterocycles. The molecule has 0 aliphatic carbocycles. The molecule has 1 amide bonds. The number of anilines is 1. The maximum Gasteiger partial charge on any atom is 0.358 e. The molecule has 0 spiro atoms. The Hall–Kier alpha value is -1.80. The SMILES string of the molecule is CC(=O)Nc1nc(C(=O)OCc2sc(C)nc2C)cs1. The zero-order chi connectivity index (χ0) is 14.7. The summed E-state index contributed by atoms with van der Waals surface area (Å²) >= 11 is 2.68. The third-order valence-electron chi connectivity index (χ3n) is 2.33. The molecule has 0 radical (unpaired) electrons. The maximum atomic E-state index is 11.8. The van der Waals surface area contributed by atoms with Crippen molar-refractivity contribution in [3.63, 3.8) is 0 Å². The van der Waals surface area contributed by atoms with Gasteiger partial charge in [0.2, 0.25) is 5.91 Å². The maximum absolute atomic E-state index is 11.8. The summed E-state index contributed by atoms with van der Waals surface area (Å²) in [5.41, 5.74) is 1.06. The van der Waals surface area contributed by atoms with Gasteiger partial charge in [-0.25, -0.2) is 14.8 Å². The highest BCUT2D eigenvalue weighted by molar-refractivity contribution is 7.14. The van der Waals surface area contributed by atoms with E-state index in [0.717, 1.165) is 15.6 Å². The van der Waals surface area contributed by atoms with Gasteiger partial charge in [-0.05, 0) is 13.8 Å². The van der Waals surface area contributed by atoms with Gasteiger partial charge in [0.25, 0.3) is 0 Å². The summed E-state index contributed by atoms with van der Waals surface area (Å²) in [6.07, 6.45) is 0. The third kappa shape index (κ3) is 3.61. The number of rotatable bonds is 4. The molecule has 2 aromatic rings. The van der Waals surface area contributed by atoms with E-state index in [0.29, 0.717) is 5.13 Å². The van der Waals surface area contributed by atoms with Gasteiger partial charge in [-0.15, -0.1) is 22.7 Å². The summed E-state index contributed by atoms with van der Waals surface area (Å²) in [6, 6.07) is 0. The van der Waals surface area contributed by atoms with E-state index in [4.69, 9.17) is 4.74 Å². The van der Waals surface area contributed by atoms with E-state index in [1.165, 1.54) is 29.6 Å². The number of aromatic nitrogens is 2. The van der Waals surface area contributed by atoms with Crippen LogP contribution >= 0.6 is 22.7 Å². The Kier molecular flexibility index (Phi) is 4.46. The molecule has 6 nitrogen and oxygen atoms in total. The van der Waals surface area contributed by atoms with E-state index in [9.17, 15) is 9.59 Å². The predicted octanol–water partition coefficient (Wildman–Crippen LogP) is 2.53. The first-order chi connectivity index (χ1) is 9.45. The minimum absolute atomic E-state index is 0.184. The Balaban J connectivity index is 1.96. The topological polar surface area (TPSA) is 81.2 Å². The number of esters is 1. The first-order valence-electron chi connectivity index (χ1n) is 5.79. The average Bonchev–Trinajstić information content (AvgIpc) is 2.92. The average molecular weight is 311 g/mol. The Labute approximate surface area is 123 Å². The highest BCUT2D eigenvalue weighted by Gasteiger charge is 2.14. The van der Waals surface area contributed by atoms with Crippen molar-refractivity contribution in [2.24, 2.45) is 0 Å². The summed E-state index contributed by atoms with van der Waals surface area (Å²) < 4.78 is 5.19. The molecule has 0 aromatic carbocycles. The molecule has 0 bridgehead atoms. The van der Waals surface area contributed by atoms with Crippen LogP contribution in [0.3, 0.4) is 0 Å². The van der Waals surface area contributed by atoms with Gasteiger partial charge in [-0.3, -0.25) is 4.79 Å². The molecule has 0 saturated heterocycles. The van der Waals surface area contributed by atoms with E-state index in [2.05, 4.69) is 15.3 Å². The number of amides is 1. The number of hydrogen-bond donors (Lipinski definition) is 1. The number of thiazole rings is 2. The third-order valence-corrected chi connectivity index (χ3v) is 4.13. The number of carbonyl (C=O) groups excluding carboxylic acids is 2. The van der Waals surface area contributed by atoms with Crippen molar-refractivity contribution >= 4 is 39.7 Å². The number of nitrogens with one attached hydrogen (secondary N) is 1. The van der Waals surface area contributed by atoms with Crippen LogP contribution < -0.4 is 5.32 Å². The van der Waals surface area contributed by atoms with E-state index in [1.54, 1.807) is 5.38 Å². The predicted molar refractivity (Wildman–Crippen MR) is 77.1 cm³/mol. The van der Waals surface area contributed by atoms with Crippen LogP contribution in [-0.2, 0) is 16.1 Å². The Bertz CT molecular complexity index is 648. The molecule has 0 fully saturated rings. The Morgan fingerprint density at radius 2 is 2.10 bits per heavy atom. The van der Waals surface area contributed by atoms with Crippen molar-refractivity contribution in [1.82, 2.24) is 9.97 Å². The molecule has 0 unspecified atom stereocenters. The van der Waals surface area contributed by atoms with E-state index < -0.39 is 5.97 Å². The minimum Gasteiger partial charge on any atom is -0.455 e. The van der Waals surface area contributed by atoms with Gasteiger partial charge >= 0.3 is 5.97 Å². The van der Waals surface area contributed by atoms with Gasteiger partial charge in [0.1, 0.15) is 6.61 Å². The minimum atomic E-state index is -0.511. The van der Waals surface area contributed by atoms with Crippen molar-refractivity contribution in [2.75, 3.05) is 5.32 Å². The fourth-order valence-electron chi connectivity index (χ4n) is 1.49. The molecular formula is C12H13N3O3S2. The van der Waals surface area contributed by atoms with Crippen LogP contribution in [0.25, 0.3) is 0 Å². The van der Waals surface area contributed by atoms with E-state index in [-0.39, 0.29) is 18.2 Å². The van der Waals surface area contributed by atoms with Crippen LogP contribution in [0.2, 0.25) is 0 Å². The molecule has 2 heterocycles. The molecule has 0 atom stereocenters. The highest BCUT2D eigenvalue weighted by atomic mass is 32.1. The zero-order valence-corrected chi connectivity index (χ0v) is 12.9. The van der Waals surface area contributed by atoms with Gasteiger partial charge in [-0.2, -0.15) is 0 Å². The Morgan fingerprint density at radius 3 is 2.70 bits per heavy atom. The Morgan fingerprint density at radius 1 is 1.35 bits per heavy atom. The summed E-state index contributed by atoms with van der Waals surface area (Å²) in [7, 11) is 0. The number of hydrogen-bond acceptors (Lipinski definition) is 7. The molecule has 0 aliphatic heterocycles. The van der Waals surface area contributed by atoms with Gasteiger partial charge < -0.3 is 10.1 Å². The lowest BCUT2D eigenvalue weighted by atomic mass is 10.4. The largest absolute Gasteiger partial charge is 0.455 e.